The Bertz CT molecular complexity index is 1150. The third kappa shape index (κ3) is 2.98. The van der Waals surface area contributed by atoms with Gasteiger partial charge in [0.05, 0.1) is 42.2 Å². The minimum atomic E-state index is -0.218. The van der Waals surface area contributed by atoms with Crippen LogP contribution in [0.4, 0.5) is 0 Å². The number of thiazole rings is 1. The fraction of sp³-hybridized carbons (Fsp3) is 0.263. The summed E-state index contributed by atoms with van der Waals surface area (Å²) in [5.74, 6) is 0.413. The molecule has 1 fully saturated rings. The van der Waals surface area contributed by atoms with Crippen LogP contribution in [0.3, 0.4) is 0 Å². The van der Waals surface area contributed by atoms with E-state index in [0.29, 0.717) is 36.9 Å². The van der Waals surface area contributed by atoms with Crippen molar-refractivity contribution in [1.82, 2.24) is 29.0 Å². The minimum absolute atomic E-state index is 0.218. The Kier molecular flexibility index (Phi) is 4.18. The zero-order valence-corrected chi connectivity index (χ0v) is 16.1. The van der Waals surface area contributed by atoms with Crippen LogP contribution in [0.1, 0.15) is 27.6 Å². The van der Waals surface area contributed by atoms with Gasteiger partial charge in [-0.1, -0.05) is 6.07 Å². The van der Waals surface area contributed by atoms with Gasteiger partial charge in [0.25, 0.3) is 5.91 Å². The van der Waals surface area contributed by atoms with Crippen LogP contribution in [0.5, 0.6) is 0 Å². The van der Waals surface area contributed by atoms with Crippen LogP contribution in [-0.4, -0.2) is 48.0 Å². The molecule has 0 radical (unpaired) electrons. The second kappa shape index (κ2) is 6.84. The maximum atomic E-state index is 12.8. The summed E-state index contributed by atoms with van der Waals surface area (Å²) >= 11 is 1.63. The number of aromatic nitrogens is 5. The summed E-state index contributed by atoms with van der Waals surface area (Å²) in [6.07, 6.45) is 6.42. The summed E-state index contributed by atoms with van der Waals surface area (Å²) in [7, 11) is 0. The largest absolute Gasteiger partial charge is 0.331 e. The van der Waals surface area contributed by atoms with Crippen molar-refractivity contribution >= 4 is 22.8 Å². The molecule has 9 heteroatoms. The molecule has 5 heterocycles. The van der Waals surface area contributed by atoms with Crippen LogP contribution in [0.2, 0.25) is 0 Å². The van der Waals surface area contributed by atoms with Crippen LogP contribution >= 0.6 is 11.3 Å². The van der Waals surface area contributed by atoms with Crippen molar-refractivity contribution in [3.05, 3.63) is 58.7 Å². The Balaban J connectivity index is 1.51. The van der Waals surface area contributed by atoms with Gasteiger partial charge in [-0.3, -0.25) is 14.0 Å². The number of carbonyl (C=O) groups excluding carboxylic acids is 1. The maximum absolute atomic E-state index is 12.8. The van der Waals surface area contributed by atoms with Crippen molar-refractivity contribution in [2.75, 3.05) is 13.2 Å². The molecular weight excluding hydrogens is 376 g/mol. The van der Waals surface area contributed by atoms with Gasteiger partial charge in [0.15, 0.2) is 11.5 Å². The molecule has 1 aliphatic heterocycles. The van der Waals surface area contributed by atoms with Crippen molar-refractivity contribution in [3.63, 3.8) is 0 Å². The van der Waals surface area contributed by atoms with Gasteiger partial charge >= 0.3 is 0 Å². The fourth-order valence-corrected chi connectivity index (χ4v) is 3.94. The third-order valence-corrected chi connectivity index (χ3v) is 5.43. The summed E-state index contributed by atoms with van der Waals surface area (Å²) in [4.78, 5) is 31.9. The number of imidazole rings is 2. The average molecular weight is 394 g/mol. The first kappa shape index (κ1) is 17.1. The molecule has 28 heavy (non-hydrogen) atoms. The lowest BCUT2D eigenvalue weighted by atomic mass is 10.3. The molecule has 4 aromatic rings. The number of pyridine rings is 1. The number of nitrogens with zero attached hydrogens (tertiary/aromatic N) is 6. The number of hydroxylamine groups is 2. The molecule has 1 amide bonds. The number of rotatable bonds is 4. The summed E-state index contributed by atoms with van der Waals surface area (Å²) in [6, 6.07) is 5.69. The molecule has 0 aromatic carbocycles. The Morgan fingerprint density at radius 1 is 1.32 bits per heavy atom. The second-order valence-electron chi connectivity index (χ2n) is 6.62. The van der Waals surface area contributed by atoms with E-state index in [-0.39, 0.29) is 5.91 Å². The highest BCUT2D eigenvalue weighted by molar-refractivity contribution is 7.09. The van der Waals surface area contributed by atoms with Crippen molar-refractivity contribution < 1.29 is 9.63 Å². The molecule has 0 bridgehead atoms. The molecule has 142 valence electrons. The molecule has 0 spiro atoms. The fourth-order valence-electron chi connectivity index (χ4n) is 3.33. The minimum Gasteiger partial charge on any atom is -0.331 e. The lowest BCUT2D eigenvalue weighted by molar-refractivity contribution is -0.0770. The lowest BCUT2D eigenvalue weighted by Crippen LogP contribution is -2.27. The molecule has 8 nitrogen and oxygen atoms in total. The SMILES string of the molecule is Cc1nc(Cn2cnc(-c3nc(C(=O)N4CCCO4)c4ccccn34)c2)cs1. The predicted octanol–water partition coefficient (Wildman–Crippen LogP) is 2.79. The quantitative estimate of drug-likeness (QED) is 0.532. The van der Waals surface area contributed by atoms with Gasteiger partial charge in [0, 0.05) is 17.8 Å². The molecule has 0 aliphatic carbocycles. The number of hydrogen-bond donors (Lipinski definition) is 0. The van der Waals surface area contributed by atoms with Crippen molar-refractivity contribution in [3.8, 4) is 11.5 Å². The predicted molar refractivity (Wildman–Crippen MR) is 104 cm³/mol. The van der Waals surface area contributed by atoms with Gasteiger partial charge < -0.3 is 4.57 Å². The van der Waals surface area contributed by atoms with Crippen LogP contribution in [0.15, 0.2) is 42.3 Å². The van der Waals surface area contributed by atoms with E-state index in [1.54, 1.807) is 17.7 Å². The van der Waals surface area contributed by atoms with Crippen molar-refractivity contribution in [2.45, 2.75) is 19.9 Å². The van der Waals surface area contributed by atoms with E-state index >= 15 is 0 Å². The van der Waals surface area contributed by atoms with E-state index in [9.17, 15) is 4.79 Å². The van der Waals surface area contributed by atoms with Crippen LogP contribution in [-0.2, 0) is 11.4 Å². The Hall–Kier alpha value is -3.04. The zero-order chi connectivity index (χ0) is 19.1. The molecule has 5 rings (SSSR count). The topological polar surface area (TPSA) is 77.5 Å². The molecule has 1 saturated heterocycles. The first-order valence-electron chi connectivity index (χ1n) is 9.04. The monoisotopic (exact) mass is 394 g/mol. The Morgan fingerprint density at radius 2 is 2.25 bits per heavy atom. The smallest absolute Gasteiger partial charge is 0.298 e. The van der Waals surface area contributed by atoms with E-state index < -0.39 is 0 Å². The number of amides is 1. The van der Waals surface area contributed by atoms with Gasteiger partial charge in [-0.2, -0.15) is 0 Å². The standard InChI is InChI=1S/C19H18N6O2S/c1-13-21-14(11-28-13)9-23-10-15(20-12-23)18-22-17(16-5-2-3-6-24(16)18)19(26)25-7-4-8-27-25/h2-3,5-6,10-12H,4,7-9H2,1H3. The molecule has 0 unspecified atom stereocenters. The van der Waals surface area contributed by atoms with Crippen LogP contribution < -0.4 is 0 Å². The highest BCUT2D eigenvalue weighted by Crippen LogP contribution is 2.24. The molecule has 1 aliphatic rings. The van der Waals surface area contributed by atoms with Crippen LogP contribution in [0.25, 0.3) is 17.0 Å². The van der Waals surface area contributed by atoms with E-state index in [2.05, 4.69) is 15.0 Å². The number of aryl methyl sites for hydroxylation is 1. The molecular formula is C19H18N6O2S. The molecule has 0 atom stereocenters. The number of hydrogen-bond acceptors (Lipinski definition) is 6. The second-order valence-corrected chi connectivity index (χ2v) is 7.69. The first-order valence-corrected chi connectivity index (χ1v) is 9.92. The van der Waals surface area contributed by atoms with Crippen LogP contribution in [0, 0.1) is 6.92 Å². The van der Waals surface area contributed by atoms with E-state index in [4.69, 9.17) is 4.84 Å². The van der Waals surface area contributed by atoms with Gasteiger partial charge in [-0.15, -0.1) is 11.3 Å². The van der Waals surface area contributed by atoms with Crippen molar-refractivity contribution in [2.24, 2.45) is 0 Å². The van der Waals surface area contributed by atoms with Gasteiger partial charge in [-0.25, -0.2) is 20.0 Å². The summed E-state index contributed by atoms with van der Waals surface area (Å²) in [6.45, 7) is 3.79. The Morgan fingerprint density at radius 3 is 3.04 bits per heavy atom. The van der Waals surface area contributed by atoms with Gasteiger partial charge in [0.1, 0.15) is 5.69 Å². The zero-order valence-electron chi connectivity index (χ0n) is 15.3. The number of carbonyl (C=O) groups is 1. The first-order chi connectivity index (χ1) is 13.7. The molecule has 4 aromatic heterocycles. The summed E-state index contributed by atoms with van der Waals surface area (Å²) in [5.41, 5.74) is 2.82. The van der Waals surface area contributed by atoms with Crippen molar-refractivity contribution in [1.29, 1.82) is 0 Å². The summed E-state index contributed by atoms with van der Waals surface area (Å²) < 4.78 is 3.86. The highest BCUT2D eigenvalue weighted by Gasteiger charge is 2.26. The third-order valence-electron chi connectivity index (χ3n) is 4.60. The van der Waals surface area contributed by atoms with E-state index in [1.807, 2.05) is 51.9 Å². The highest BCUT2D eigenvalue weighted by atomic mass is 32.1. The lowest BCUT2D eigenvalue weighted by Gasteiger charge is -2.11. The molecule has 0 saturated carbocycles. The van der Waals surface area contributed by atoms with E-state index in [0.717, 1.165) is 22.6 Å². The normalized spacial score (nSPS) is 14.2. The average Bonchev–Trinajstić information content (AvgIpc) is 3.48. The number of fused-ring (bicyclic) bond motifs is 1. The van der Waals surface area contributed by atoms with Gasteiger partial charge in [0.2, 0.25) is 0 Å². The Labute approximate surface area is 165 Å². The maximum Gasteiger partial charge on any atom is 0.298 e. The van der Waals surface area contributed by atoms with Gasteiger partial charge in [-0.05, 0) is 25.5 Å². The van der Waals surface area contributed by atoms with E-state index in [1.165, 1.54) is 5.06 Å². The summed E-state index contributed by atoms with van der Waals surface area (Å²) in [5, 5.41) is 4.48. The molecule has 0 N–H and O–H groups in total.